The van der Waals surface area contributed by atoms with Gasteiger partial charge in [0.1, 0.15) is 0 Å². The maximum Gasteiger partial charge on any atom is 0.248 e. The number of hydrazine groups is 1. The van der Waals surface area contributed by atoms with Gasteiger partial charge in [-0.2, -0.15) is 0 Å². The molecule has 0 fully saturated rings. The summed E-state index contributed by atoms with van der Waals surface area (Å²) in [6, 6.07) is 8.39. The molecule has 30 heavy (non-hydrogen) atoms. The molecule has 1 aromatic heterocycles. The topological polar surface area (TPSA) is 93.1 Å². The lowest BCUT2D eigenvalue weighted by atomic mass is 9.87. The smallest absolute Gasteiger partial charge is 0.248 e. The van der Waals surface area contributed by atoms with Gasteiger partial charge in [-0.15, -0.1) is 10.2 Å². The second-order valence-electron chi connectivity index (χ2n) is 7.67. The third-order valence-electron chi connectivity index (χ3n) is 4.33. The highest BCUT2D eigenvalue weighted by atomic mass is 32.2. The molecule has 0 saturated carbocycles. The quantitative estimate of drug-likeness (QED) is 0.245. The zero-order valence-corrected chi connectivity index (χ0v) is 19.7. The van der Waals surface area contributed by atoms with E-state index in [4.69, 9.17) is 17.0 Å². The molecular weight excluding hydrogens is 420 g/mol. The molecule has 0 atom stereocenters. The summed E-state index contributed by atoms with van der Waals surface area (Å²) in [6.07, 6.45) is 0.819. The van der Waals surface area contributed by atoms with Crippen LogP contribution < -0.4 is 16.2 Å². The van der Waals surface area contributed by atoms with E-state index in [-0.39, 0.29) is 17.1 Å². The predicted molar refractivity (Wildman–Crippen MR) is 124 cm³/mol. The largest absolute Gasteiger partial charge is 0.385 e. The monoisotopic (exact) mass is 450 g/mol. The van der Waals surface area contributed by atoms with Crippen molar-refractivity contribution in [3.63, 3.8) is 0 Å². The number of ether oxygens (including phenoxy) is 1. The van der Waals surface area contributed by atoms with Crippen molar-refractivity contribution in [3.8, 4) is 11.4 Å². The molecule has 1 amide bonds. The van der Waals surface area contributed by atoms with Crippen molar-refractivity contribution in [1.82, 2.24) is 30.9 Å². The van der Waals surface area contributed by atoms with Gasteiger partial charge in [0.2, 0.25) is 5.91 Å². The Hall–Kier alpha value is -2.17. The van der Waals surface area contributed by atoms with Gasteiger partial charge >= 0.3 is 0 Å². The first-order chi connectivity index (χ1) is 14.3. The van der Waals surface area contributed by atoms with Crippen molar-refractivity contribution in [2.45, 2.75) is 44.3 Å². The Morgan fingerprint density at radius 1 is 1.20 bits per heavy atom. The number of hydrogen-bond acceptors (Lipinski definition) is 6. The first kappa shape index (κ1) is 24.1. The molecule has 10 heteroatoms. The van der Waals surface area contributed by atoms with Gasteiger partial charge in [0.15, 0.2) is 16.1 Å². The van der Waals surface area contributed by atoms with Crippen molar-refractivity contribution in [2.75, 3.05) is 26.5 Å². The summed E-state index contributed by atoms with van der Waals surface area (Å²) in [5, 5.41) is 12.5. The number of thiocarbonyl (C=S) groups is 1. The fourth-order valence-corrected chi connectivity index (χ4v) is 3.47. The van der Waals surface area contributed by atoms with Crippen LogP contribution in [0.3, 0.4) is 0 Å². The van der Waals surface area contributed by atoms with E-state index in [0.717, 1.165) is 17.8 Å². The van der Waals surface area contributed by atoms with Gasteiger partial charge in [-0.05, 0) is 29.6 Å². The molecule has 8 nitrogen and oxygen atoms in total. The maximum absolute atomic E-state index is 12.1. The molecule has 0 unspecified atom stereocenters. The maximum atomic E-state index is 12.1. The van der Waals surface area contributed by atoms with Gasteiger partial charge in [-0.3, -0.25) is 15.6 Å². The van der Waals surface area contributed by atoms with E-state index in [9.17, 15) is 4.79 Å². The van der Waals surface area contributed by atoms with Gasteiger partial charge in [0.25, 0.3) is 0 Å². The Morgan fingerprint density at radius 2 is 1.90 bits per heavy atom. The van der Waals surface area contributed by atoms with Crippen molar-refractivity contribution in [1.29, 1.82) is 0 Å². The van der Waals surface area contributed by atoms with E-state index in [1.54, 1.807) is 14.2 Å². The molecule has 2 rings (SSSR count). The van der Waals surface area contributed by atoms with Crippen molar-refractivity contribution in [3.05, 3.63) is 29.8 Å². The molecule has 3 N–H and O–H groups in total. The van der Waals surface area contributed by atoms with Crippen LogP contribution in [-0.4, -0.2) is 52.3 Å². The molecule has 1 heterocycles. The SMILES string of the molecule is CNC(=S)NNC(=O)CSc1nnc(-c2ccc(C(C)(C)C)cc2)n1CCCOC. The van der Waals surface area contributed by atoms with Gasteiger partial charge in [0, 0.05) is 32.9 Å². The van der Waals surface area contributed by atoms with Crippen LogP contribution in [0.2, 0.25) is 0 Å². The fraction of sp³-hybridized carbons (Fsp3) is 0.500. The summed E-state index contributed by atoms with van der Waals surface area (Å²) >= 11 is 6.27. The third-order valence-corrected chi connectivity index (χ3v) is 5.60. The average Bonchev–Trinajstić information content (AvgIpc) is 3.12. The number of hydrogen-bond donors (Lipinski definition) is 3. The lowest BCUT2D eigenvalue weighted by Gasteiger charge is -2.19. The van der Waals surface area contributed by atoms with Gasteiger partial charge < -0.3 is 14.6 Å². The molecule has 164 valence electrons. The van der Waals surface area contributed by atoms with Crippen LogP contribution in [0.1, 0.15) is 32.8 Å². The van der Waals surface area contributed by atoms with Crippen molar-refractivity contribution >= 4 is 35.0 Å². The van der Waals surface area contributed by atoms with E-state index in [0.29, 0.717) is 23.4 Å². The second-order valence-corrected chi connectivity index (χ2v) is 9.02. The van der Waals surface area contributed by atoms with Crippen molar-refractivity contribution in [2.24, 2.45) is 0 Å². The zero-order chi connectivity index (χ0) is 22.1. The number of rotatable bonds is 8. The normalized spacial score (nSPS) is 11.2. The molecule has 0 bridgehead atoms. The molecule has 0 aliphatic carbocycles. The third kappa shape index (κ3) is 6.96. The van der Waals surface area contributed by atoms with Crippen LogP contribution in [0, 0.1) is 0 Å². The number of methoxy groups -OCH3 is 1. The summed E-state index contributed by atoms with van der Waals surface area (Å²) in [4.78, 5) is 12.1. The molecule has 0 aliphatic rings. The molecule has 0 radical (unpaired) electrons. The summed E-state index contributed by atoms with van der Waals surface area (Å²) in [7, 11) is 3.36. The van der Waals surface area contributed by atoms with Crippen LogP contribution in [0.4, 0.5) is 0 Å². The van der Waals surface area contributed by atoms with E-state index < -0.39 is 0 Å². The highest BCUT2D eigenvalue weighted by molar-refractivity contribution is 7.99. The molecule has 2 aromatic rings. The van der Waals surface area contributed by atoms with Crippen molar-refractivity contribution < 1.29 is 9.53 Å². The minimum absolute atomic E-state index is 0.0860. The first-order valence-electron chi connectivity index (χ1n) is 9.68. The van der Waals surface area contributed by atoms with E-state index in [1.807, 2.05) is 4.57 Å². The average molecular weight is 451 g/mol. The Bertz CT molecular complexity index is 846. The fourth-order valence-electron chi connectivity index (χ4n) is 2.65. The van der Waals surface area contributed by atoms with Gasteiger partial charge in [0.05, 0.1) is 5.75 Å². The number of carbonyl (C=O) groups excluding carboxylic acids is 1. The number of amides is 1. The summed E-state index contributed by atoms with van der Waals surface area (Å²) in [5.74, 6) is 0.758. The minimum Gasteiger partial charge on any atom is -0.385 e. The van der Waals surface area contributed by atoms with Gasteiger partial charge in [-0.1, -0.05) is 56.8 Å². The van der Waals surface area contributed by atoms with Gasteiger partial charge in [-0.25, -0.2) is 0 Å². The minimum atomic E-state index is -0.208. The van der Waals surface area contributed by atoms with E-state index in [1.165, 1.54) is 17.3 Å². The van der Waals surface area contributed by atoms with E-state index in [2.05, 4.69) is 71.4 Å². The Kier molecular flexibility index (Phi) is 9.07. The number of aromatic nitrogens is 3. The number of nitrogens with one attached hydrogen (secondary N) is 3. The van der Waals surface area contributed by atoms with Crippen LogP contribution in [0.15, 0.2) is 29.4 Å². The highest BCUT2D eigenvalue weighted by Crippen LogP contribution is 2.28. The predicted octanol–water partition coefficient (Wildman–Crippen LogP) is 2.50. The van der Waals surface area contributed by atoms with Crippen LogP contribution in [-0.2, 0) is 21.5 Å². The Balaban J connectivity index is 2.16. The molecule has 0 saturated heterocycles. The standard InChI is InChI=1S/C20H30N6O2S2/c1-20(2,3)15-9-7-14(8-10-15)17-23-25-19(26(17)11-6-12-28-5)30-13-16(27)22-24-18(29)21-4/h7-10H,6,11-13H2,1-5H3,(H,22,27)(H2,21,24,29). The first-order valence-corrected chi connectivity index (χ1v) is 11.1. The van der Waals surface area contributed by atoms with E-state index >= 15 is 0 Å². The van der Waals surface area contributed by atoms with Crippen LogP contribution in [0.5, 0.6) is 0 Å². The lowest BCUT2D eigenvalue weighted by Crippen LogP contribution is -2.46. The zero-order valence-electron chi connectivity index (χ0n) is 18.1. The van der Waals surface area contributed by atoms with Crippen LogP contribution in [0.25, 0.3) is 11.4 Å². The molecule has 0 aliphatic heterocycles. The molecule has 1 aromatic carbocycles. The number of benzene rings is 1. The number of nitrogens with zero attached hydrogens (tertiary/aromatic N) is 3. The number of carbonyl (C=O) groups is 1. The summed E-state index contributed by atoms with van der Waals surface area (Å²) in [6.45, 7) is 7.90. The Morgan fingerprint density at radius 3 is 2.50 bits per heavy atom. The highest BCUT2D eigenvalue weighted by Gasteiger charge is 2.17. The summed E-state index contributed by atoms with van der Waals surface area (Å²) < 4.78 is 7.23. The number of thioether (sulfide) groups is 1. The lowest BCUT2D eigenvalue weighted by molar-refractivity contribution is -0.119. The van der Waals surface area contributed by atoms with Crippen LogP contribution >= 0.6 is 24.0 Å². The molecule has 0 spiro atoms. The summed E-state index contributed by atoms with van der Waals surface area (Å²) in [5.41, 5.74) is 7.50. The molecular formula is C20H30N6O2S2. The Labute approximate surface area is 187 Å². The second kappa shape index (κ2) is 11.3.